The zero-order valence-electron chi connectivity index (χ0n) is 12.7. The van der Waals surface area contributed by atoms with Crippen LogP contribution in [-0.2, 0) is 6.54 Å². The predicted octanol–water partition coefficient (Wildman–Crippen LogP) is 1.59. The van der Waals surface area contributed by atoms with Gasteiger partial charge in [-0.1, -0.05) is 0 Å². The third-order valence-electron chi connectivity index (χ3n) is 3.84. The predicted molar refractivity (Wildman–Crippen MR) is 79.7 cm³/mol. The topological polar surface area (TPSA) is 71.8 Å². The summed E-state index contributed by atoms with van der Waals surface area (Å²) in [5.74, 6) is 0.0891. The Balaban J connectivity index is 1.66. The van der Waals surface area contributed by atoms with Crippen molar-refractivity contribution in [3.63, 3.8) is 0 Å². The van der Waals surface area contributed by atoms with Gasteiger partial charge in [0.2, 0.25) is 0 Å². The lowest BCUT2D eigenvalue weighted by Gasteiger charge is -2.35. The van der Waals surface area contributed by atoms with E-state index in [-0.39, 0.29) is 11.3 Å². The molecular weight excluding hydrogens is 302 g/mol. The van der Waals surface area contributed by atoms with Gasteiger partial charge in [-0.3, -0.25) is 10.00 Å². The summed E-state index contributed by atoms with van der Waals surface area (Å²) >= 11 is 0. The molecule has 0 saturated carbocycles. The quantitative estimate of drug-likeness (QED) is 0.930. The number of aromatic nitrogens is 3. The van der Waals surface area contributed by atoms with E-state index < -0.39 is 11.6 Å². The van der Waals surface area contributed by atoms with Crippen LogP contribution >= 0.6 is 0 Å². The largest absolute Gasteiger partial charge is 0.364 e. The normalized spacial score (nSPS) is 15.7. The Bertz CT molecular complexity index is 720. The SMILES string of the molecule is Cc1nc(CN2CCN(c3c(F)cc(C#N)cc3F)CC2)n[nH]1. The first-order valence-corrected chi connectivity index (χ1v) is 7.31. The highest BCUT2D eigenvalue weighted by atomic mass is 19.1. The number of piperazine rings is 1. The van der Waals surface area contributed by atoms with E-state index in [2.05, 4.69) is 20.1 Å². The van der Waals surface area contributed by atoms with Crippen molar-refractivity contribution in [1.82, 2.24) is 20.1 Å². The summed E-state index contributed by atoms with van der Waals surface area (Å²) in [6, 6.07) is 3.89. The van der Waals surface area contributed by atoms with Crippen LogP contribution in [0.15, 0.2) is 12.1 Å². The molecule has 23 heavy (non-hydrogen) atoms. The molecule has 0 aliphatic carbocycles. The van der Waals surface area contributed by atoms with Gasteiger partial charge in [-0.15, -0.1) is 0 Å². The number of benzene rings is 1. The fraction of sp³-hybridized carbons (Fsp3) is 0.400. The number of nitriles is 1. The van der Waals surface area contributed by atoms with Crippen molar-refractivity contribution >= 4 is 5.69 Å². The van der Waals surface area contributed by atoms with Gasteiger partial charge in [0.15, 0.2) is 17.5 Å². The summed E-state index contributed by atoms with van der Waals surface area (Å²) in [6.45, 7) is 4.77. The van der Waals surface area contributed by atoms with E-state index in [1.54, 1.807) is 11.0 Å². The van der Waals surface area contributed by atoms with Gasteiger partial charge in [0, 0.05) is 26.2 Å². The van der Waals surface area contributed by atoms with E-state index in [1.807, 2.05) is 6.92 Å². The van der Waals surface area contributed by atoms with E-state index in [4.69, 9.17) is 5.26 Å². The minimum atomic E-state index is -0.695. The van der Waals surface area contributed by atoms with E-state index in [9.17, 15) is 8.78 Å². The molecule has 0 spiro atoms. The maximum atomic E-state index is 14.1. The summed E-state index contributed by atoms with van der Waals surface area (Å²) in [5.41, 5.74) is -0.0697. The molecule has 6 nitrogen and oxygen atoms in total. The van der Waals surface area contributed by atoms with Gasteiger partial charge in [-0.25, -0.2) is 13.8 Å². The molecule has 1 aromatic heterocycles. The molecule has 1 aromatic carbocycles. The number of nitrogens with zero attached hydrogens (tertiary/aromatic N) is 5. The van der Waals surface area contributed by atoms with E-state index in [0.29, 0.717) is 38.5 Å². The molecule has 2 heterocycles. The van der Waals surface area contributed by atoms with Crippen molar-refractivity contribution in [1.29, 1.82) is 5.26 Å². The van der Waals surface area contributed by atoms with Crippen LogP contribution in [0.25, 0.3) is 0 Å². The number of rotatable bonds is 3. The summed E-state index contributed by atoms with van der Waals surface area (Å²) in [4.78, 5) is 8.07. The zero-order chi connectivity index (χ0) is 16.4. The number of hydrogen-bond donors (Lipinski definition) is 1. The average molecular weight is 318 g/mol. The maximum Gasteiger partial charge on any atom is 0.164 e. The maximum absolute atomic E-state index is 14.1. The Hall–Kier alpha value is -2.53. The highest BCUT2D eigenvalue weighted by Gasteiger charge is 2.23. The van der Waals surface area contributed by atoms with Crippen LogP contribution in [0.4, 0.5) is 14.5 Å². The second kappa shape index (κ2) is 6.30. The third kappa shape index (κ3) is 3.29. The van der Waals surface area contributed by atoms with Crippen LogP contribution in [0.2, 0.25) is 0 Å². The fourth-order valence-corrected chi connectivity index (χ4v) is 2.72. The van der Waals surface area contributed by atoms with Gasteiger partial charge in [-0.2, -0.15) is 10.4 Å². The lowest BCUT2D eigenvalue weighted by molar-refractivity contribution is 0.243. The highest BCUT2D eigenvalue weighted by molar-refractivity contribution is 5.53. The van der Waals surface area contributed by atoms with Gasteiger partial charge >= 0.3 is 0 Å². The molecule has 0 unspecified atom stereocenters. The Morgan fingerprint density at radius 2 is 1.87 bits per heavy atom. The van der Waals surface area contributed by atoms with Crippen LogP contribution in [0.5, 0.6) is 0 Å². The number of anilines is 1. The average Bonchev–Trinajstić information content (AvgIpc) is 2.93. The Morgan fingerprint density at radius 3 is 2.39 bits per heavy atom. The standard InChI is InChI=1S/C15H16F2N6/c1-10-19-14(21-20-10)9-22-2-4-23(5-3-22)15-12(16)6-11(8-18)7-13(15)17/h6-7H,2-5,9H2,1H3,(H,19,20,21). The van der Waals surface area contributed by atoms with Crippen molar-refractivity contribution < 1.29 is 8.78 Å². The second-order valence-electron chi connectivity index (χ2n) is 5.50. The van der Waals surface area contributed by atoms with Gasteiger partial charge in [0.25, 0.3) is 0 Å². The van der Waals surface area contributed by atoms with Crippen molar-refractivity contribution in [3.05, 3.63) is 41.0 Å². The summed E-state index contributed by atoms with van der Waals surface area (Å²) < 4.78 is 28.1. The van der Waals surface area contributed by atoms with Gasteiger partial charge < -0.3 is 4.90 Å². The van der Waals surface area contributed by atoms with E-state index in [0.717, 1.165) is 18.0 Å². The molecule has 1 N–H and O–H groups in total. The molecule has 120 valence electrons. The van der Waals surface area contributed by atoms with Crippen LogP contribution < -0.4 is 4.90 Å². The minimum Gasteiger partial charge on any atom is -0.364 e. The number of nitrogens with one attached hydrogen (secondary N) is 1. The molecule has 0 bridgehead atoms. The first-order chi connectivity index (χ1) is 11.1. The molecule has 1 aliphatic heterocycles. The number of hydrogen-bond acceptors (Lipinski definition) is 5. The molecule has 0 atom stereocenters. The molecule has 0 amide bonds. The van der Waals surface area contributed by atoms with Crippen molar-refractivity contribution in [2.75, 3.05) is 31.1 Å². The number of aromatic amines is 1. The third-order valence-corrected chi connectivity index (χ3v) is 3.84. The number of aryl methyl sites for hydroxylation is 1. The Kier molecular flexibility index (Phi) is 4.21. The van der Waals surface area contributed by atoms with Gasteiger partial charge in [0.1, 0.15) is 11.5 Å². The van der Waals surface area contributed by atoms with Crippen molar-refractivity contribution in [2.45, 2.75) is 13.5 Å². The molecule has 3 rings (SSSR count). The minimum absolute atomic E-state index is 0.0117. The molecule has 1 saturated heterocycles. The summed E-state index contributed by atoms with van der Waals surface area (Å²) in [5, 5.41) is 15.6. The fourth-order valence-electron chi connectivity index (χ4n) is 2.72. The number of H-pyrrole nitrogens is 1. The molecular formula is C15H16F2N6. The lowest BCUT2D eigenvalue weighted by Crippen LogP contribution is -2.46. The van der Waals surface area contributed by atoms with Crippen LogP contribution in [-0.4, -0.2) is 46.3 Å². The molecule has 0 radical (unpaired) electrons. The number of halogens is 2. The monoisotopic (exact) mass is 318 g/mol. The van der Waals surface area contributed by atoms with Crippen LogP contribution in [0.1, 0.15) is 17.2 Å². The molecule has 8 heteroatoms. The molecule has 1 aliphatic rings. The first kappa shape index (κ1) is 15.4. The van der Waals surface area contributed by atoms with Crippen LogP contribution in [0.3, 0.4) is 0 Å². The van der Waals surface area contributed by atoms with E-state index in [1.165, 1.54) is 0 Å². The van der Waals surface area contributed by atoms with E-state index >= 15 is 0 Å². The lowest BCUT2D eigenvalue weighted by atomic mass is 10.1. The summed E-state index contributed by atoms with van der Waals surface area (Å²) in [6.07, 6.45) is 0. The van der Waals surface area contributed by atoms with Gasteiger partial charge in [-0.05, 0) is 19.1 Å². The summed E-state index contributed by atoms with van der Waals surface area (Å²) in [7, 11) is 0. The molecule has 2 aromatic rings. The van der Waals surface area contributed by atoms with Gasteiger partial charge in [0.05, 0.1) is 18.2 Å². The van der Waals surface area contributed by atoms with Crippen molar-refractivity contribution in [2.24, 2.45) is 0 Å². The highest BCUT2D eigenvalue weighted by Crippen LogP contribution is 2.26. The zero-order valence-corrected chi connectivity index (χ0v) is 12.7. The van der Waals surface area contributed by atoms with Crippen molar-refractivity contribution in [3.8, 4) is 6.07 Å². The second-order valence-corrected chi connectivity index (χ2v) is 5.50. The first-order valence-electron chi connectivity index (χ1n) is 7.31. The Morgan fingerprint density at radius 1 is 1.22 bits per heavy atom. The van der Waals surface area contributed by atoms with Crippen LogP contribution in [0, 0.1) is 29.9 Å². The molecule has 1 fully saturated rings. The Labute approximate surface area is 132 Å². The smallest absolute Gasteiger partial charge is 0.164 e.